The van der Waals surface area contributed by atoms with Gasteiger partial charge in [0, 0.05) is 6.21 Å². The lowest BCUT2D eigenvalue weighted by Gasteiger charge is -2.13. The first-order valence-electron chi connectivity index (χ1n) is 10.1. The minimum Gasteiger partial charge on any atom is -0.465 e. The Balaban J connectivity index is 1.74. The van der Waals surface area contributed by atoms with Crippen molar-refractivity contribution in [1.82, 2.24) is 4.90 Å². The van der Waals surface area contributed by atoms with E-state index in [1.807, 2.05) is 72.8 Å². The highest BCUT2D eigenvalue weighted by Gasteiger charge is 2.35. The number of amidine groups is 1. The third-order valence-electron chi connectivity index (χ3n) is 4.20. The molecule has 2 aromatic carbocycles. The molecule has 3 rings (SSSR count). The van der Waals surface area contributed by atoms with Crippen molar-refractivity contribution < 1.29 is 14.3 Å². The molecule has 1 heterocycles. The number of ether oxygens (including phenoxy) is 1. The van der Waals surface area contributed by atoms with E-state index in [0.29, 0.717) is 10.1 Å². The second-order valence-electron chi connectivity index (χ2n) is 6.52. The molecule has 1 amide bonds. The minimum absolute atomic E-state index is 0.215. The Morgan fingerprint density at radius 2 is 1.62 bits per heavy atom. The lowest BCUT2D eigenvalue weighted by Crippen LogP contribution is -2.35. The highest BCUT2D eigenvalue weighted by molar-refractivity contribution is 8.18. The zero-order valence-corrected chi connectivity index (χ0v) is 18.4. The summed E-state index contributed by atoms with van der Waals surface area (Å²) in [6, 6.07) is 19.6. The molecule has 0 bridgehead atoms. The van der Waals surface area contributed by atoms with E-state index in [9.17, 15) is 9.59 Å². The molecule has 0 N–H and O–H groups in total. The summed E-state index contributed by atoms with van der Waals surface area (Å²) in [5.41, 5.74) is 2.06. The largest absolute Gasteiger partial charge is 0.465 e. The number of amides is 1. The fourth-order valence-corrected chi connectivity index (χ4v) is 3.61. The summed E-state index contributed by atoms with van der Waals surface area (Å²) in [4.78, 5) is 26.5. The van der Waals surface area contributed by atoms with Gasteiger partial charge in [0.2, 0.25) is 0 Å². The molecule has 32 heavy (non-hydrogen) atoms. The van der Waals surface area contributed by atoms with E-state index < -0.39 is 5.97 Å². The van der Waals surface area contributed by atoms with Gasteiger partial charge in [0.15, 0.2) is 5.17 Å². The van der Waals surface area contributed by atoms with Crippen LogP contribution in [0.2, 0.25) is 0 Å². The van der Waals surface area contributed by atoms with Crippen LogP contribution < -0.4 is 0 Å². The van der Waals surface area contributed by atoms with E-state index in [1.165, 1.54) is 22.9 Å². The Bertz CT molecular complexity index is 1070. The van der Waals surface area contributed by atoms with Crippen LogP contribution >= 0.6 is 11.8 Å². The summed E-state index contributed by atoms with van der Waals surface area (Å²) in [6.45, 7) is 1.75. The number of hydrogen-bond donors (Lipinski definition) is 0. The SMILES string of the molecule is CCOC(=O)CN1C(=O)/C(=C\C=C\c2ccccc2)S/C1=N/N=C\C=C\c1ccccc1. The van der Waals surface area contributed by atoms with Crippen LogP contribution in [0.4, 0.5) is 0 Å². The maximum Gasteiger partial charge on any atom is 0.326 e. The van der Waals surface area contributed by atoms with Crippen molar-refractivity contribution in [2.45, 2.75) is 6.92 Å². The lowest BCUT2D eigenvalue weighted by atomic mass is 10.2. The fraction of sp³-hybridized carbons (Fsp3) is 0.120. The smallest absolute Gasteiger partial charge is 0.326 e. The van der Waals surface area contributed by atoms with Crippen molar-refractivity contribution in [2.24, 2.45) is 10.2 Å². The topological polar surface area (TPSA) is 71.3 Å². The molecular formula is C25H23N3O3S. The zero-order chi connectivity index (χ0) is 22.6. The van der Waals surface area contributed by atoms with Crippen LogP contribution in [0.1, 0.15) is 18.1 Å². The molecule has 7 heteroatoms. The first-order chi connectivity index (χ1) is 15.7. The van der Waals surface area contributed by atoms with Gasteiger partial charge in [0.1, 0.15) is 6.54 Å². The highest BCUT2D eigenvalue weighted by atomic mass is 32.2. The van der Waals surface area contributed by atoms with E-state index in [-0.39, 0.29) is 19.1 Å². The van der Waals surface area contributed by atoms with Gasteiger partial charge in [-0.25, -0.2) is 0 Å². The second-order valence-corrected chi connectivity index (χ2v) is 7.53. The predicted molar refractivity (Wildman–Crippen MR) is 131 cm³/mol. The summed E-state index contributed by atoms with van der Waals surface area (Å²) < 4.78 is 4.99. The number of carbonyl (C=O) groups excluding carboxylic acids is 2. The van der Waals surface area contributed by atoms with Crippen LogP contribution in [0.3, 0.4) is 0 Å². The average molecular weight is 446 g/mol. The van der Waals surface area contributed by atoms with Crippen molar-refractivity contribution in [3.8, 4) is 0 Å². The molecule has 162 valence electrons. The first-order valence-corrected chi connectivity index (χ1v) is 10.9. The highest BCUT2D eigenvalue weighted by Crippen LogP contribution is 2.31. The molecule has 6 nitrogen and oxygen atoms in total. The quantitative estimate of drug-likeness (QED) is 0.254. The fourth-order valence-electron chi connectivity index (χ4n) is 2.72. The van der Waals surface area contributed by atoms with Gasteiger partial charge >= 0.3 is 5.97 Å². The van der Waals surface area contributed by atoms with Gasteiger partial charge in [-0.2, -0.15) is 5.10 Å². The number of esters is 1. The van der Waals surface area contributed by atoms with Gasteiger partial charge in [-0.3, -0.25) is 14.5 Å². The molecule has 1 saturated heterocycles. The molecule has 0 saturated carbocycles. The van der Waals surface area contributed by atoms with Gasteiger partial charge in [-0.05, 0) is 42.0 Å². The maximum absolute atomic E-state index is 12.8. The van der Waals surface area contributed by atoms with Gasteiger partial charge in [0.25, 0.3) is 5.91 Å². The second kappa shape index (κ2) is 12.2. The molecule has 2 aromatic rings. The Labute approximate surface area is 191 Å². The van der Waals surface area contributed by atoms with Crippen molar-refractivity contribution in [3.63, 3.8) is 0 Å². The molecule has 0 spiro atoms. The van der Waals surface area contributed by atoms with Crippen LogP contribution in [0.25, 0.3) is 12.2 Å². The lowest BCUT2D eigenvalue weighted by molar-refractivity contribution is -0.145. The van der Waals surface area contributed by atoms with E-state index in [1.54, 1.807) is 25.2 Å². The van der Waals surface area contributed by atoms with Crippen LogP contribution in [-0.4, -0.2) is 41.3 Å². The molecule has 1 fully saturated rings. The standard InChI is InChI=1S/C25H23N3O3S/c1-2-31-23(29)19-28-24(30)22(17-9-15-20-11-5-3-6-12-20)32-25(28)27-26-18-10-16-21-13-7-4-8-14-21/h3-18H,2,19H2,1H3/b15-9+,16-10+,22-17+,26-18-,27-25+. The van der Waals surface area contributed by atoms with Gasteiger partial charge < -0.3 is 4.74 Å². The predicted octanol–water partition coefficient (Wildman–Crippen LogP) is 4.78. The normalized spacial score (nSPS) is 16.9. The Morgan fingerprint density at radius 1 is 1.00 bits per heavy atom. The van der Waals surface area contributed by atoms with Crippen molar-refractivity contribution in [1.29, 1.82) is 0 Å². The summed E-state index contributed by atoms with van der Waals surface area (Å²) in [7, 11) is 0. The molecule has 0 radical (unpaired) electrons. The Morgan fingerprint density at radius 3 is 2.25 bits per heavy atom. The van der Waals surface area contributed by atoms with Crippen LogP contribution in [0.5, 0.6) is 0 Å². The third-order valence-corrected chi connectivity index (χ3v) is 5.22. The molecule has 1 aliphatic rings. The number of benzene rings is 2. The van der Waals surface area contributed by atoms with Crippen LogP contribution in [-0.2, 0) is 14.3 Å². The number of thioether (sulfide) groups is 1. The van der Waals surface area contributed by atoms with Gasteiger partial charge in [-0.15, -0.1) is 5.10 Å². The number of nitrogens with zero attached hydrogens (tertiary/aromatic N) is 3. The summed E-state index contributed by atoms with van der Waals surface area (Å²) in [5.74, 6) is -0.808. The Hall–Kier alpha value is -3.71. The van der Waals surface area contributed by atoms with E-state index in [0.717, 1.165) is 11.1 Å². The van der Waals surface area contributed by atoms with E-state index in [2.05, 4.69) is 10.2 Å². The molecule has 0 aromatic heterocycles. The minimum atomic E-state index is -0.497. The number of hydrogen-bond acceptors (Lipinski definition) is 6. The summed E-state index contributed by atoms with van der Waals surface area (Å²) in [5, 5.41) is 8.50. The molecule has 1 aliphatic heterocycles. The van der Waals surface area contributed by atoms with E-state index >= 15 is 0 Å². The monoisotopic (exact) mass is 445 g/mol. The summed E-state index contributed by atoms with van der Waals surface area (Å²) >= 11 is 1.17. The number of allylic oxidation sites excluding steroid dienone is 3. The van der Waals surface area contributed by atoms with Crippen LogP contribution in [0, 0.1) is 0 Å². The van der Waals surface area contributed by atoms with Crippen LogP contribution in [0.15, 0.2) is 94.0 Å². The zero-order valence-electron chi connectivity index (χ0n) is 17.6. The number of carbonyl (C=O) groups is 2. The average Bonchev–Trinajstić information content (AvgIpc) is 3.09. The molecule has 0 unspecified atom stereocenters. The number of rotatable bonds is 8. The third kappa shape index (κ3) is 6.92. The van der Waals surface area contributed by atoms with Gasteiger partial charge in [0.05, 0.1) is 11.5 Å². The van der Waals surface area contributed by atoms with Gasteiger partial charge in [-0.1, -0.05) is 78.9 Å². The van der Waals surface area contributed by atoms with Crippen molar-refractivity contribution >= 4 is 47.2 Å². The first kappa shape index (κ1) is 23.0. The maximum atomic E-state index is 12.8. The van der Waals surface area contributed by atoms with E-state index in [4.69, 9.17) is 4.74 Å². The van der Waals surface area contributed by atoms with Crippen molar-refractivity contribution in [3.05, 3.63) is 94.9 Å². The molecule has 0 aliphatic carbocycles. The summed E-state index contributed by atoms with van der Waals surface area (Å²) in [6.07, 6.45) is 10.6. The van der Waals surface area contributed by atoms with Crippen molar-refractivity contribution in [2.75, 3.05) is 13.2 Å². The molecular weight excluding hydrogens is 422 g/mol. The molecule has 0 atom stereocenters. The Kier molecular flexibility index (Phi) is 8.77.